The SMILES string of the molecule is Clc1cncnc1N(CCBr)C1CCCCC1. The molecule has 0 atom stereocenters. The summed E-state index contributed by atoms with van der Waals surface area (Å²) in [6, 6.07) is 0.578. The Morgan fingerprint density at radius 1 is 1.35 bits per heavy atom. The Morgan fingerprint density at radius 2 is 2.12 bits per heavy atom. The maximum atomic E-state index is 6.19. The fourth-order valence-electron chi connectivity index (χ4n) is 2.46. The van der Waals surface area contributed by atoms with Crippen LogP contribution >= 0.6 is 27.5 Å². The van der Waals surface area contributed by atoms with Crippen molar-refractivity contribution < 1.29 is 0 Å². The van der Waals surface area contributed by atoms with E-state index in [1.54, 1.807) is 12.5 Å². The predicted octanol–water partition coefficient (Wildman–Crippen LogP) is 3.66. The Morgan fingerprint density at radius 3 is 2.76 bits per heavy atom. The van der Waals surface area contributed by atoms with Gasteiger partial charge in [0.05, 0.1) is 6.20 Å². The van der Waals surface area contributed by atoms with Gasteiger partial charge in [-0.2, -0.15) is 0 Å². The molecule has 1 saturated carbocycles. The first-order valence-corrected chi connectivity index (χ1v) is 7.61. The van der Waals surface area contributed by atoms with Gasteiger partial charge in [-0.1, -0.05) is 46.8 Å². The highest BCUT2D eigenvalue weighted by atomic mass is 79.9. The van der Waals surface area contributed by atoms with Gasteiger partial charge in [-0.25, -0.2) is 9.97 Å². The fourth-order valence-corrected chi connectivity index (χ4v) is 3.06. The lowest BCUT2D eigenvalue weighted by atomic mass is 9.94. The van der Waals surface area contributed by atoms with Crippen molar-refractivity contribution in [3.8, 4) is 0 Å². The van der Waals surface area contributed by atoms with Crippen LogP contribution in [-0.2, 0) is 0 Å². The number of anilines is 1. The van der Waals surface area contributed by atoms with E-state index < -0.39 is 0 Å². The molecule has 3 nitrogen and oxygen atoms in total. The maximum Gasteiger partial charge on any atom is 0.151 e. The van der Waals surface area contributed by atoms with Crippen LogP contribution in [0.4, 0.5) is 5.82 Å². The Kier molecular flexibility index (Phi) is 5.04. The lowest BCUT2D eigenvalue weighted by Gasteiger charge is -2.35. The Labute approximate surface area is 116 Å². The van der Waals surface area contributed by atoms with E-state index in [0.717, 1.165) is 17.7 Å². The van der Waals surface area contributed by atoms with Crippen molar-refractivity contribution in [1.82, 2.24) is 9.97 Å². The maximum absolute atomic E-state index is 6.19. The van der Waals surface area contributed by atoms with Gasteiger partial charge in [0.25, 0.3) is 0 Å². The molecule has 1 heterocycles. The van der Waals surface area contributed by atoms with E-state index in [1.165, 1.54) is 32.1 Å². The van der Waals surface area contributed by atoms with E-state index in [1.807, 2.05) is 0 Å². The standard InChI is InChI=1S/C12H17BrClN3/c13-6-7-17(10-4-2-1-3-5-10)12-11(14)8-15-9-16-12/h8-10H,1-7H2. The first-order chi connectivity index (χ1) is 8.33. The molecule has 0 aliphatic heterocycles. The van der Waals surface area contributed by atoms with Gasteiger partial charge < -0.3 is 4.90 Å². The molecule has 1 fully saturated rings. The number of hydrogen-bond acceptors (Lipinski definition) is 3. The van der Waals surface area contributed by atoms with E-state index in [9.17, 15) is 0 Å². The van der Waals surface area contributed by atoms with Crippen LogP contribution < -0.4 is 4.90 Å². The van der Waals surface area contributed by atoms with Gasteiger partial charge in [0.2, 0.25) is 0 Å². The third-order valence-electron chi connectivity index (χ3n) is 3.26. The minimum atomic E-state index is 0.578. The molecule has 2 rings (SSSR count). The highest BCUT2D eigenvalue weighted by molar-refractivity contribution is 9.09. The molecule has 1 aliphatic carbocycles. The second kappa shape index (κ2) is 6.55. The molecule has 1 aromatic rings. The van der Waals surface area contributed by atoms with Crippen molar-refractivity contribution in [1.29, 1.82) is 0 Å². The normalized spacial score (nSPS) is 17.1. The molecule has 0 aromatic carbocycles. The topological polar surface area (TPSA) is 29.0 Å². The summed E-state index contributed by atoms with van der Waals surface area (Å²) in [5.41, 5.74) is 0. The molecule has 0 amide bonds. The van der Waals surface area contributed by atoms with Crippen molar-refractivity contribution in [2.45, 2.75) is 38.1 Å². The Balaban J connectivity index is 2.18. The predicted molar refractivity (Wildman–Crippen MR) is 75.1 cm³/mol. The van der Waals surface area contributed by atoms with Crippen molar-refractivity contribution in [3.63, 3.8) is 0 Å². The zero-order valence-electron chi connectivity index (χ0n) is 9.78. The van der Waals surface area contributed by atoms with E-state index >= 15 is 0 Å². The molecule has 17 heavy (non-hydrogen) atoms. The minimum Gasteiger partial charge on any atom is -0.351 e. The van der Waals surface area contributed by atoms with Gasteiger partial charge >= 0.3 is 0 Å². The molecular weight excluding hydrogens is 302 g/mol. The van der Waals surface area contributed by atoms with Crippen LogP contribution in [0.15, 0.2) is 12.5 Å². The zero-order chi connectivity index (χ0) is 12.1. The van der Waals surface area contributed by atoms with Crippen LogP contribution in [0, 0.1) is 0 Å². The summed E-state index contributed by atoms with van der Waals surface area (Å²) in [5.74, 6) is 0.882. The Hall–Kier alpha value is -0.350. The van der Waals surface area contributed by atoms with Crippen LogP contribution in [-0.4, -0.2) is 27.9 Å². The van der Waals surface area contributed by atoms with Crippen molar-refractivity contribution >= 4 is 33.3 Å². The molecule has 94 valence electrons. The molecule has 0 radical (unpaired) electrons. The summed E-state index contributed by atoms with van der Waals surface area (Å²) in [6.45, 7) is 0.946. The monoisotopic (exact) mass is 317 g/mol. The molecule has 0 unspecified atom stereocenters. The van der Waals surface area contributed by atoms with Crippen LogP contribution in [0.25, 0.3) is 0 Å². The van der Waals surface area contributed by atoms with Gasteiger partial charge in [0.1, 0.15) is 11.3 Å². The summed E-state index contributed by atoms with van der Waals surface area (Å²) < 4.78 is 0. The van der Waals surface area contributed by atoms with Gasteiger partial charge in [-0.3, -0.25) is 0 Å². The highest BCUT2D eigenvalue weighted by Gasteiger charge is 2.23. The number of rotatable bonds is 4. The molecule has 1 aromatic heterocycles. The summed E-state index contributed by atoms with van der Waals surface area (Å²) >= 11 is 9.70. The third kappa shape index (κ3) is 3.32. The molecule has 0 N–H and O–H groups in total. The van der Waals surface area contributed by atoms with Crippen molar-refractivity contribution in [2.75, 3.05) is 16.8 Å². The lowest BCUT2D eigenvalue weighted by Crippen LogP contribution is -2.39. The quantitative estimate of drug-likeness (QED) is 0.793. The van der Waals surface area contributed by atoms with E-state index in [0.29, 0.717) is 11.1 Å². The smallest absolute Gasteiger partial charge is 0.151 e. The van der Waals surface area contributed by atoms with E-state index in [2.05, 4.69) is 30.8 Å². The number of alkyl halides is 1. The minimum absolute atomic E-state index is 0.578. The fraction of sp³-hybridized carbons (Fsp3) is 0.667. The number of hydrogen-bond donors (Lipinski definition) is 0. The highest BCUT2D eigenvalue weighted by Crippen LogP contribution is 2.29. The third-order valence-corrected chi connectivity index (χ3v) is 3.88. The van der Waals surface area contributed by atoms with Gasteiger partial charge in [-0.15, -0.1) is 0 Å². The van der Waals surface area contributed by atoms with Crippen molar-refractivity contribution in [3.05, 3.63) is 17.5 Å². The average molecular weight is 319 g/mol. The zero-order valence-corrected chi connectivity index (χ0v) is 12.1. The molecule has 0 bridgehead atoms. The second-order valence-corrected chi connectivity index (χ2v) is 5.57. The lowest BCUT2D eigenvalue weighted by molar-refractivity contribution is 0.417. The summed E-state index contributed by atoms with van der Waals surface area (Å²) in [6.07, 6.45) is 9.72. The molecular formula is C12H17BrClN3. The first kappa shape index (κ1) is 13.1. The number of halogens is 2. The average Bonchev–Trinajstić information content (AvgIpc) is 2.38. The second-order valence-electron chi connectivity index (χ2n) is 4.37. The number of nitrogens with zero attached hydrogens (tertiary/aromatic N) is 3. The van der Waals surface area contributed by atoms with E-state index in [-0.39, 0.29) is 0 Å². The van der Waals surface area contributed by atoms with Crippen molar-refractivity contribution in [2.24, 2.45) is 0 Å². The molecule has 1 aliphatic rings. The van der Waals surface area contributed by atoms with Crippen LogP contribution in [0.5, 0.6) is 0 Å². The molecule has 0 spiro atoms. The van der Waals surface area contributed by atoms with Gasteiger partial charge in [0.15, 0.2) is 5.82 Å². The van der Waals surface area contributed by atoms with Crippen LogP contribution in [0.3, 0.4) is 0 Å². The Bertz CT molecular complexity index is 355. The summed E-state index contributed by atoms with van der Waals surface area (Å²) in [7, 11) is 0. The molecule has 0 saturated heterocycles. The van der Waals surface area contributed by atoms with E-state index in [4.69, 9.17) is 11.6 Å². The molecule has 5 heteroatoms. The number of aromatic nitrogens is 2. The van der Waals surface area contributed by atoms with Crippen LogP contribution in [0.2, 0.25) is 5.02 Å². The van der Waals surface area contributed by atoms with Gasteiger partial charge in [-0.05, 0) is 12.8 Å². The summed E-state index contributed by atoms with van der Waals surface area (Å²) in [5, 5.41) is 1.59. The summed E-state index contributed by atoms with van der Waals surface area (Å²) in [4.78, 5) is 10.6. The first-order valence-electron chi connectivity index (χ1n) is 6.11. The van der Waals surface area contributed by atoms with Crippen LogP contribution in [0.1, 0.15) is 32.1 Å². The van der Waals surface area contributed by atoms with Gasteiger partial charge in [0, 0.05) is 17.9 Å². The largest absolute Gasteiger partial charge is 0.351 e.